The molecule has 2 heterocycles. The van der Waals surface area contributed by atoms with E-state index < -0.39 is 5.92 Å². The van der Waals surface area contributed by atoms with E-state index in [0.29, 0.717) is 11.7 Å². The maximum Gasteiger partial charge on any atom is 0.311 e. The number of fused-ring (bicyclic) bond motifs is 1. The van der Waals surface area contributed by atoms with Crippen LogP contribution >= 0.6 is 27.3 Å². The van der Waals surface area contributed by atoms with Gasteiger partial charge in [0.15, 0.2) is 5.13 Å². The van der Waals surface area contributed by atoms with Gasteiger partial charge in [-0.05, 0) is 18.2 Å². The van der Waals surface area contributed by atoms with E-state index in [9.17, 15) is 9.59 Å². The van der Waals surface area contributed by atoms with Crippen molar-refractivity contribution < 1.29 is 14.3 Å². The van der Waals surface area contributed by atoms with Gasteiger partial charge in [0, 0.05) is 17.4 Å². The van der Waals surface area contributed by atoms with Gasteiger partial charge < -0.3 is 4.74 Å². The Morgan fingerprint density at radius 2 is 2.35 bits per heavy atom. The van der Waals surface area contributed by atoms with Gasteiger partial charge >= 0.3 is 5.97 Å². The Morgan fingerprint density at radius 1 is 1.55 bits per heavy atom. The number of carbonyl (C=O) groups is 2. The molecule has 1 aromatic carbocycles. The van der Waals surface area contributed by atoms with Crippen molar-refractivity contribution in [1.82, 2.24) is 4.98 Å². The van der Waals surface area contributed by atoms with Crippen LogP contribution in [0.15, 0.2) is 22.7 Å². The SMILES string of the molecule is COC(=O)C1CC(=O)N(c2nc3cc(Br)ccc3s2)C1. The molecule has 0 radical (unpaired) electrons. The quantitative estimate of drug-likeness (QED) is 0.777. The molecule has 3 rings (SSSR count). The number of thiazole rings is 1. The molecule has 1 aromatic heterocycles. The molecule has 1 aliphatic heterocycles. The fraction of sp³-hybridized carbons (Fsp3) is 0.308. The van der Waals surface area contributed by atoms with Gasteiger partial charge in [-0.1, -0.05) is 27.3 Å². The molecule has 0 N–H and O–H groups in total. The van der Waals surface area contributed by atoms with E-state index in [2.05, 4.69) is 20.9 Å². The third-order valence-electron chi connectivity index (χ3n) is 3.23. The summed E-state index contributed by atoms with van der Waals surface area (Å²) in [6, 6.07) is 5.81. The second-order valence-corrected chi connectivity index (χ2v) is 6.46. The van der Waals surface area contributed by atoms with E-state index in [1.165, 1.54) is 18.4 Å². The average molecular weight is 355 g/mol. The van der Waals surface area contributed by atoms with E-state index in [0.717, 1.165) is 14.7 Å². The molecule has 104 valence electrons. The predicted octanol–water partition coefficient (Wildman–Crippen LogP) is 2.58. The molecule has 20 heavy (non-hydrogen) atoms. The van der Waals surface area contributed by atoms with Crippen LogP contribution < -0.4 is 4.90 Å². The molecular weight excluding hydrogens is 344 g/mol. The topological polar surface area (TPSA) is 59.5 Å². The number of hydrogen-bond acceptors (Lipinski definition) is 5. The highest BCUT2D eigenvalue weighted by Gasteiger charge is 2.37. The van der Waals surface area contributed by atoms with Crippen molar-refractivity contribution >= 4 is 54.5 Å². The molecular formula is C13H11BrN2O3S. The minimum absolute atomic E-state index is 0.0847. The van der Waals surface area contributed by atoms with Crippen molar-refractivity contribution in [3.05, 3.63) is 22.7 Å². The summed E-state index contributed by atoms with van der Waals surface area (Å²) < 4.78 is 6.66. The predicted molar refractivity (Wildman–Crippen MR) is 79.8 cm³/mol. The van der Waals surface area contributed by atoms with Crippen LogP contribution in [0.3, 0.4) is 0 Å². The molecule has 1 amide bonds. The number of benzene rings is 1. The summed E-state index contributed by atoms with van der Waals surface area (Å²) in [6.45, 7) is 0.340. The van der Waals surface area contributed by atoms with E-state index in [4.69, 9.17) is 4.74 Å². The van der Waals surface area contributed by atoms with Crippen LogP contribution in [0.25, 0.3) is 10.2 Å². The highest BCUT2D eigenvalue weighted by molar-refractivity contribution is 9.10. The van der Waals surface area contributed by atoms with Crippen LogP contribution in [0.5, 0.6) is 0 Å². The average Bonchev–Trinajstić information content (AvgIpc) is 3.00. The first-order valence-corrected chi connectivity index (χ1v) is 7.63. The highest BCUT2D eigenvalue weighted by atomic mass is 79.9. The Morgan fingerprint density at radius 3 is 3.10 bits per heavy atom. The van der Waals surface area contributed by atoms with Gasteiger partial charge in [-0.15, -0.1) is 0 Å². The number of hydrogen-bond donors (Lipinski definition) is 0. The molecule has 1 fully saturated rings. The third-order valence-corrected chi connectivity index (χ3v) is 4.78. The molecule has 1 unspecified atom stereocenters. The minimum Gasteiger partial charge on any atom is -0.469 e. The fourth-order valence-electron chi connectivity index (χ4n) is 2.22. The molecule has 7 heteroatoms. The van der Waals surface area contributed by atoms with Crippen molar-refractivity contribution in [1.29, 1.82) is 0 Å². The van der Waals surface area contributed by atoms with E-state index in [1.807, 2.05) is 18.2 Å². The normalized spacial score (nSPS) is 18.8. The van der Waals surface area contributed by atoms with Crippen molar-refractivity contribution in [2.75, 3.05) is 18.6 Å². The summed E-state index contributed by atoms with van der Waals surface area (Å²) in [7, 11) is 1.34. The maximum absolute atomic E-state index is 12.0. The molecule has 2 aromatic rings. The van der Waals surface area contributed by atoms with E-state index in [-0.39, 0.29) is 18.3 Å². The van der Waals surface area contributed by atoms with Gasteiger partial charge in [-0.2, -0.15) is 0 Å². The lowest BCUT2D eigenvalue weighted by Crippen LogP contribution is -2.25. The summed E-state index contributed by atoms with van der Waals surface area (Å²) in [5.41, 5.74) is 0.841. The summed E-state index contributed by atoms with van der Waals surface area (Å²) in [4.78, 5) is 29.6. The number of anilines is 1. The zero-order chi connectivity index (χ0) is 14.3. The Balaban J connectivity index is 1.91. The van der Waals surface area contributed by atoms with Crippen LogP contribution in [-0.4, -0.2) is 30.5 Å². The van der Waals surface area contributed by atoms with Crippen molar-refractivity contribution in [2.24, 2.45) is 5.92 Å². The second-order valence-electron chi connectivity index (χ2n) is 4.54. The van der Waals surface area contributed by atoms with Crippen LogP contribution in [0.1, 0.15) is 6.42 Å². The molecule has 1 aliphatic rings. The van der Waals surface area contributed by atoms with Gasteiger partial charge in [-0.25, -0.2) is 4.98 Å². The smallest absolute Gasteiger partial charge is 0.311 e. The number of esters is 1. The van der Waals surface area contributed by atoms with Crippen molar-refractivity contribution in [3.8, 4) is 0 Å². The number of halogens is 1. The number of rotatable bonds is 2. The monoisotopic (exact) mass is 354 g/mol. The maximum atomic E-state index is 12.0. The van der Waals surface area contributed by atoms with Crippen LogP contribution in [0.4, 0.5) is 5.13 Å². The minimum atomic E-state index is -0.397. The summed E-state index contributed by atoms with van der Waals surface area (Å²) in [5, 5.41) is 0.634. The number of methoxy groups -OCH3 is 1. The number of nitrogens with zero attached hydrogens (tertiary/aromatic N) is 2. The van der Waals surface area contributed by atoms with Crippen LogP contribution in [-0.2, 0) is 14.3 Å². The lowest BCUT2D eigenvalue weighted by molar-refractivity contribution is -0.145. The van der Waals surface area contributed by atoms with Gasteiger partial charge in [0.05, 0.1) is 23.2 Å². The van der Waals surface area contributed by atoms with E-state index in [1.54, 1.807) is 4.90 Å². The van der Waals surface area contributed by atoms with Gasteiger partial charge in [0.2, 0.25) is 5.91 Å². The van der Waals surface area contributed by atoms with Crippen molar-refractivity contribution in [2.45, 2.75) is 6.42 Å². The lowest BCUT2D eigenvalue weighted by atomic mass is 10.1. The standard InChI is InChI=1S/C13H11BrN2O3S/c1-19-12(18)7-4-11(17)16(6-7)13-15-9-5-8(14)2-3-10(9)20-13/h2-3,5,7H,4,6H2,1H3. The molecule has 5 nitrogen and oxygen atoms in total. The fourth-order valence-corrected chi connectivity index (χ4v) is 3.54. The largest absolute Gasteiger partial charge is 0.469 e. The Bertz CT molecular complexity index is 700. The highest BCUT2D eigenvalue weighted by Crippen LogP contribution is 2.34. The van der Waals surface area contributed by atoms with Crippen LogP contribution in [0.2, 0.25) is 0 Å². The third kappa shape index (κ3) is 2.31. The zero-order valence-corrected chi connectivity index (χ0v) is 13.0. The number of carbonyl (C=O) groups excluding carboxylic acids is 2. The summed E-state index contributed by atoms with van der Waals surface area (Å²) in [6.07, 6.45) is 0.187. The molecule has 0 saturated carbocycles. The molecule has 0 spiro atoms. The second kappa shape index (κ2) is 5.14. The first-order valence-electron chi connectivity index (χ1n) is 6.03. The van der Waals surface area contributed by atoms with Gasteiger partial charge in [-0.3, -0.25) is 14.5 Å². The van der Waals surface area contributed by atoms with Crippen molar-refractivity contribution in [3.63, 3.8) is 0 Å². The number of aromatic nitrogens is 1. The summed E-state index contributed by atoms with van der Waals surface area (Å²) >= 11 is 4.85. The molecule has 1 saturated heterocycles. The molecule has 1 atom stereocenters. The van der Waals surface area contributed by atoms with Crippen LogP contribution in [0, 0.1) is 5.92 Å². The number of amides is 1. The first-order chi connectivity index (χ1) is 9.58. The molecule has 0 aliphatic carbocycles. The molecule has 0 bridgehead atoms. The Hall–Kier alpha value is -1.47. The van der Waals surface area contributed by atoms with Gasteiger partial charge in [0.1, 0.15) is 0 Å². The zero-order valence-electron chi connectivity index (χ0n) is 10.6. The first kappa shape index (κ1) is 13.5. The lowest BCUT2D eigenvalue weighted by Gasteiger charge is -2.11. The Kier molecular flexibility index (Phi) is 3.47. The van der Waals surface area contributed by atoms with E-state index >= 15 is 0 Å². The Labute approximate surface area is 127 Å². The summed E-state index contributed by atoms with van der Waals surface area (Å²) in [5.74, 6) is -0.825. The number of ether oxygens (including phenoxy) is 1. The van der Waals surface area contributed by atoms with Gasteiger partial charge in [0.25, 0.3) is 0 Å².